The molecule has 0 fully saturated rings. The van der Waals surface area contributed by atoms with Gasteiger partial charge in [0, 0.05) is 45.9 Å². The van der Waals surface area contributed by atoms with Crippen LogP contribution in [0.1, 0.15) is 35.4 Å². The lowest BCUT2D eigenvalue weighted by molar-refractivity contribution is 0.272. The van der Waals surface area contributed by atoms with Gasteiger partial charge >= 0.3 is 0 Å². The molecule has 3 aromatic rings. The molecule has 0 radical (unpaired) electrons. The molecule has 0 bridgehead atoms. The van der Waals surface area contributed by atoms with E-state index in [1.165, 1.54) is 35.1 Å². The summed E-state index contributed by atoms with van der Waals surface area (Å²) >= 11 is 1.93. The molecule has 186 valence electrons. The maximum absolute atomic E-state index is 12.0. The van der Waals surface area contributed by atoms with E-state index in [1.54, 1.807) is 30.7 Å². The van der Waals surface area contributed by atoms with Crippen LogP contribution in [0.4, 0.5) is 29.1 Å². The molecule has 2 aliphatic rings. The first-order chi connectivity index (χ1) is 17.3. The zero-order valence-electron chi connectivity index (χ0n) is 20.5. The molecule has 0 aliphatic carbocycles. The van der Waals surface area contributed by atoms with Crippen LogP contribution in [0.2, 0.25) is 0 Å². The Labute approximate surface area is 215 Å². The second kappa shape index (κ2) is 10.0. The third kappa shape index (κ3) is 5.61. The molecule has 0 saturated carbocycles. The van der Waals surface area contributed by atoms with E-state index in [9.17, 15) is 9.47 Å². The van der Waals surface area contributed by atoms with Gasteiger partial charge in [-0.25, -0.2) is 14.2 Å². The average molecular weight is 521 g/mol. The van der Waals surface area contributed by atoms with Crippen LogP contribution in [0.5, 0.6) is 0 Å². The zero-order chi connectivity index (χ0) is 25.3. The Morgan fingerprint density at radius 2 is 2.11 bits per heavy atom. The van der Waals surface area contributed by atoms with Crippen molar-refractivity contribution in [3.05, 3.63) is 53.2 Å². The van der Waals surface area contributed by atoms with Crippen molar-refractivity contribution >= 4 is 50.6 Å². The van der Waals surface area contributed by atoms with E-state index >= 15 is 0 Å². The number of nitrogens with one attached hydrogen (secondary N) is 2. The highest BCUT2D eigenvalue weighted by atomic mass is 32.2. The number of anilines is 4. The first-order valence-corrected chi connectivity index (χ1v) is 15.0. The highest BCUT2D eigenvalue weighted by Gasteiger charge is 2.28. The van der Waals surface area contributed by atoms with Crippen molar-refractivity contribution in [3.63, 3.8) is 0 Å². The summed E-state index contributed by atoms with van der Waals surface area (Å²) < 4.78 is 16.2. The topological polar surface area (TPSA) is 119 Å². The van der Waals surface area contributed by atoms with Gasteiger partial charge in [0.1, 0.15) is 17.5 Å². The first-order valence-electron chi connectivity index (χ1n) is 11.7. The van der Waals surface area contributed by atoms with Crippen molar-refractivity contribution in [2.45, 2.75) is 30.2 Å². The molecule has 2 aliphatic heterocycles. The molecule has 5 rings (SSSR count). The molecule has 1 unspecified atom stereocenters. The summed E-state index contributed by atoms with van der Waals surface area (Å²) in [4.78, 5) is 17.0. The average Bonchev–Trinajstić information content (AvgIpc) is 3.01. The van der Waals surface area contributed by atoms with Crippen LogP contribution in [0, 0.1) is 11.3 Å². The van der Waals surface area contributed by atoms with Gasteiger partial charge in [0.05, 0.1) is 6.20 Å². The number of pyridine rings is 1. The number of hydrogen-bond acceptors (Lipinski definition) is 10. The number of benzene rings is 1. The van der Waals surface area contributed by atoms with E-state index in [0.29, 0.717) is 29.3 Å². The van der Waals surface area contributed by atoms with Gasteiger partial charge in [0.25, 0.3) is 0 Å². The Hall–Kier alpha value is -3.20. The lowest BCUT2D eigenvalue weighted by atomic mass is 9.86. The van der Waals surface area contributed by atoms with Crippen molar-refractivity contribution in [1.82, 2.24) is 19.9 Å². The summed E-state index contributed by atoms with van der Waals surface area (Å²) in [5.41, 5.74) is 4.08. The van der Waals surface area contributed by atoms with Crippen molar-refractivity contribution < 1.29 is 4.21 Å². The number of nitriles is 1. The van der Waals surface area contributed by atoms with Gasteiger partial charge < -0.3 is 15.5 Å². The SMILES string of the molecule is CN1Cc2cc(Nc3ncc(C#N)c(Nc4cccc(N=S(C)(C)=O)n4)n3)cc3c2C(CCCS3)C1. The van der Waals surface area contributed by atoms with Gasteiger partial charge in [-0.3, -0.25) is 0 Å². The van der Waals surface area contributed by atoms with E-state index in [4.69, 9.17) is 0 Å². The minimum Gasteiger partial charge on any atom is -0.324 e. The van der Waals surface area contributed by atoms with Crippen LogP contribution in [0.15, 0.2) is 45.8 Å². The first kappa shape index (κ1) is 24.5. The molecule has 36 heavy (non-hydrogen) atoms. The van der Waals surface area contributed by atoms with E-state index < -0.39 is 9.73 Å². The summed E-state index contributed by atoms with van der Waals surface area (Å²) in [7, 11) is -0.168. The fourth-order valence-corrected chi connectivity index (χ4v) is 6.43. The monoisotopic (exact) mass is 520 g/mol. The number of rotatable bonds is 5. The van der Waals surface area contributed by atoms with Crippen LogP contribution >= 0.6 is 11.8 Å². The van der Waals surface area contributed by atoms with Crippen LogP contribution in [0.25, 0.3) is 0 Å². The molecule has 4 heterocycles. The van der Waals surface area contributed by atoms with Gasteiger partial charge in [0.15, 0.2) is 11.6 Å². The van der Waals surface area contributed by atoms with Crippen LogP contribution in [0.3, 0.4) is 0 Å². The predicted octanol–water partition coefficient (Wildman–Crippen LogP) is 5.00. The van der Waals surface area contributed by atoms with Gasteiger partial charge in [-0.05, 0) is 67.0 Å². The Morgan fingerprint density at radius 1 is 1.25 bits per heavy atom. The third-order valence-electron chi connectivity index (χ3n) is 6.02. The normalized spacial score (nSPS) is 17.4. The van der Waals surface area contributed by atoms with E-state index in [2.05, 4.69) is 60.1 Å². The number of likely N-dealkylation sites (N-methyl/N-ethyl adjacent to an activating group) is 1. The van der Waals surface area contributed by atoms with Gasteiger partial charge in [0.2, 0.25) is 5.95 Å². The summed E-state index contributed by atoms with van der Waals surface area (Å²) in [6.07, 6.45) is 7.05. The minimum absolute atomic E-state index is 0.288. The molecule has 0 amide bonds. The molecule has 11 heteroatoms. The number of hydrogen-bond donors (Lipinski definition) is 2. The standard InChI is InChI=1S/C25H28N8OS2/c1-33-14-16-6-5-9-35-20-11-19(10-17(15-33)23(16)20)28-25-27-13-18(12-26)24(31-25)30-21-7-4-8-22(29-21)32-36(2,3)34/h4,7-8,10-11,13,16H,5-6,9,14-15H2,1-3H3,(H2,27,28,29,30,31). The molecule has 1 aromatic carbocycles. The molecule has 1 atom stereocenters. The Kier molecular flexibility index (Phi) is 6.83. The van der Waals surface area contributed by atoms with Gasteiger partial charge in [-0.15, -0.1) is 11.8 Å². The largest absolute Gasteiger partial charge is 0.324 e. The molecule has 0 spiro atoms. The molecule has 2 aromatic heterocycles. The summed E-state index contributed by atoms with van der Waals surface area (Å²) in [5.74, 6) is 3.22. The lowest BCUT2D eigenvalue weighted by Crippen LogP contribution is -2.30. The van der Waals surface area contributed by atoms with Crippen LogP contribution < -0.4 is 10.6 Å². The lowest BCUT2D eigenvalue weighted by Gasteiger charge is -2.33. The maximum atomic E-state index is 12.0. The van der Waals surface area contributed by atoms with Crippen molar-refractivity contribution in [1.29, 1.82) is 5.26 Å². The van der Waals surface area contributed by atoms with E-state index in [-0.39, 0.29) is 5.56 Å². The van der Waals surface area contributed by atoms with Crippen molar-refractivity contribution in [3.8, 4) is 6.07 Å². The van der Waals surface area contributed by atoms with E-state index in [1.807, 2.05) is 11.8 Å². The van der Waals surface area contributed by atoms with Crippen LogP contribution in [-0.4, -0.2) is 55.9 Å². The third-order valence-corrected chi connectivity index (χ3v) is 7.79. The number of aromatic nitrogens is 3. The Bertz CT molecular complexity index is 1470. The molecule has 9 nitrogen and oxygen atoms in total. The number of thioether (sulfide) groups is 1. The van der Waals surface area contributed by atoms with Gasteiger partial charge in [-0.1, -0.05) is 6.07 Å². The fraction of sp³-hybridized carbons (Fsp3) is 0.360. The summed E-state index contributed by atoms with van der Waals surface area (Å²) in [6.45, 7) is 2.03. The number of nitrogens with zero attached hydrogens (tertiary/aromatic N) is 6. The minimum atomic E-state index is -2.35. The maximum Gasteiger partial charge on any atom is 0.229 e. The van der Waals surface area contributed by atoms with Crippen molar-refractivity contribution in [2.75, 3.05) is 42.5 Å². The summed E-state index contributed by atoms with van der Waals surface area (Å²) in [5, 5.41) is 16.0. The molecule has 2 N–H and O–H groups in total. The Morgan fingerprint density at radius 3 is 2.92 bits per heavy atom. The second-order valence-corrected chi connectivity index (χ2v) is 13.1. The second-order valence-electron chi connectivity index (χ2n) is 9.40. The Balaban J connectivity index is 1.44. The van der Waals surface area contributed by atoms with E-state index in [0.717, 1.165) is 24.5 Å². The van der Waals surface area contributed by atoms with Crippen molar-refractivity contribution in [2.24, 2.45) is 4.36 Å². The van der Waals surface area contributed by atoms with Gasteiger partial charge in [-0.2, -0.15) is 14.6 Å². The zero-order valence-corrected chi connectivity index (χ0v) is 22.1. The highest BCUT2D eigenvalue weighted by Crippen LogP contribution is 2.43. The molecular formula is C25H28N8OS2. The summed E-state index contributed by atoms with van der Waals surface area (Å²) in [6, 6.07) is 11.7. The smallest absolute Gasteiger partial charge is 0.229 e. The fourth-order valence-electron chi connectivity index (χ4n) is 4.68. The molecular weight excluding hydrogens is 492 g/mol. The quantitative estimate of drug-likeness (QED) is 0.479. The predicted molar refractivity (Wildman–Crippen MR) is 145 cm³/mol. The molecule has 0 saturated heterocycles. The highest BCUT2D eigenvalue weighted by molar-refractivity contribution is 7.99. The van der Waals surface area contributed by atoms with Crippen LogP contribution in [-0.2, 0) is 16.3 Å².